The van der Waals surface area contributed by atoms with Crippen molar-refractivity contribution in [1.29, 1.82) is 0 Å². The summed E-state index contributed by atoms with van der Waals surface area (Å²) in [6, 6.07) is 7.88. The van der Waals surface area contributed by atoms with Crippen molar-refractivity contribution in [2.75, 3.05) is 33.2 Å². The highest BCUT2D eigenvalue weighted by Crippen LogP contribution is 2.15. The van der Waals surface area contributed by atoms with Gasteiger partial charge in [-0.15, -0.1) is 0 Å². The summed E-state index contributed by atoms with van der Waals surface area (Å²) in [5.74, 6) is 1.59. The minimum absolute atomic E-state index is 0.723. The zero-order chi connectivity index (χ0) is 15.8. The van der Waals surface area contributed by atoms with E-state index >= 15 is 0 Å². The summed E-state index contributed by atoms with van der Waals surface area (Å²) in [6.45, 7) is 7.64. The van der Waals surface area contributed by atoms with Crippen LogP contribution in [0.1, 0.15) is 25.3 Å². The van der Waals surface area contributed by atoms with Gasteiger partial charge in [-0.05, 0) is 49.5 Å². The Morgan fingerprint density at radius 2 is 2.09 bits per heavy atom. The molecule has 2 N–H and O–H groups in total. The standard InChI is InChI=1S/C17H27ClN4/c1-3-9-22-10-8-15(13-22)12-21-17(19-2)20-11-14-4-6-16(18)7-5-14/h4-7,15H,3,8-13H2,1-2H3,(H2,19,20,21). The maximum Gasteiger partial charge on any atom is 0.191 e. The summed E-state index contributed by atoms with van der Waals surface area (Å²) in [5, 5.41) is 7.56. The fourth-order valence-corrected chi connectivity index (χ4v) is 2.97. The van der Waals surface area contributed by atoms with Crippen molar-refractivity contribution in [2.45, 2.75) is 26.3 Å². The van der Waals surface area contributed by atoms with Crippen LogP contribution in [0.3, 0.4) is 0 Å². The number of benzene rings is 1. The van der Waals surface area contributed by atoms with Gasteiger partial charge in [-0.3, -0.25) is 4.99 Å². The summed E-state index contributed by atoms with van der Waals surface area (Å²) >= 11 is 5.90. The second kappa shape index (κ2) is 9.01. The molecule has 0 saturated carbocycles. The molecule has 1 heterocycles. The molecule has 2 rings (SSSR count). The highest BCUT2D eigenvalue weighted by atomic mass is 35.5. The summed E-state index contributed by atoms with van der Waals surface area (Å²) in [7, 11) is 1.81. The Bertz CT molecular complexity index is 472. The average molecular weight is 323 g/mol. The molecule has 1 unspecified atom stereocenters. The Morgan fingerprint density at radius 1 is 1.32 bits per heavy atom. The summed E-state index contributed by atoms with van der Waals surface area (Å²) in [6.07, 6.45) is 2.52. The molecule has 4 nitrogen and oxygen atoms in total. The Hall–Kier alpha value is -1.26. The Morgan fingerprint density at radius 3 is 2.77 bits per heavy atom. The lowest BCUT2D eigenvalue weighted by atomic mass is 10.1. The third kappa shape index (κ3) is 5.50. The van der Waals surface area contributed by atoms with Gasteiger partial charge in [0.1, 0.15) is 0 Å². The molecule has 1 aliphatic rings. The number of hydrogen-bond donors (Lipinski definition) is 2. The third-order valence-electron chi connectivity index (χ3n) is 4.06. The largest absolute Gasteiger partial charge is 0.356 e. The number of halogens is 1. The molecule has 0 amide bonds. The number of nitrogens with zero attached hydrogens (tertiary/aromatic N) is 2. The van der Waals surface area contributed by atoms with E-state index in [2.05, 4.69) is 27.4 Å². The van der Waals surface area contributed by atoms with Gasteiger partial charge in [0.05, 0.1) is 0 Å². The number of nitrogens with one attached hydrogen (secondary N) is 2. The van der Waals surface area contributed by atoms with Crippen molar-refractivity contribution in [3.05, 3.63) is 34.9 Å². The number of rotatable bonds is 6. The predicted molar refractivity (Wildman–Crippen MR) is 94.5 cm³/mol. The third-order valence-corrected chi connectivity index (χ3v) is 4.32. The first-order valence-electron chi connectivity index (χ1n) is 8.12. The first-order valence-corrected chi connectivity index (χ1v) is 8.50. The Kier molecular flexibility index (Phi) is 7.00. The molecule has 1 atom stereocenters. The van der Waals surface area contributed by atoms with Crippen molar-refractivity contribution >= 4 is 17.6 Å². The fourth-order valence-electron chi connectivity index (χ4n) is 2.85. The van der Waals surface area contributed by atoms with E-state index in [9.17, 15) is 0 Å². The van der Waals surface area contributed by atoms with Crippen molar-refractivity contribution in [1.82, 2.24) is 15.5 Å². The van der Waals surface area contributed by atoms with Gasteiger partial charge in [0.15, 0.2) is 5.96 Å². The van der Waals surface area contributed by atoms with Gasteiger partial charge in [0, 0.05) is 31.7 Å². The Labute approximate surface area is 138 Å². The lowest BCUT2D eigenvalue weighted by molar-refractivity contribution is 0.324. The summed E-state index contributed by atoms with van der Waals surface area (Å²) in [4.78, 5) is 6.84. The molecule has 122 valence electrons. The summed E-state index contributed by atoms with van der Waals surface area (Å²) < 4.78 is 0. The zero-order valence-electron chi connectivity index (χ0n) is 13.6. The number of likely N-dealkylation sites (tertiary alicyclic amines) is 1. The highest BCUT2D eigenvalue weighted by molar-refractivity contribution is 6.30. The van der Waals surface area contributed by atoms with E-state index < -0.39 is 0 Å². The molecule has 22 heavy (non-hydrogen) atoms. The minimum atomic E-state index is 0.723. The zero-order valence-corrected chi connectivity index (χ0v) is 14.4. The molecule has 1 saturated heterocycles. The average Bonchev–Trinajstić information content (AvgIpc) is 2.97. The van der Waals surface area contributed by atoms with Crippen LogP contribution < -0.4 is 10.6 Å². The molecule has 5 heteroatoms. The van der Waals surface area contributed by atoms with Gasteiger partial charge in [-0.1, -0.05) is 30.7 Å². The second-order valence-electron chi connectivity index (χ2n) is 5.89. The van der Waals surface area contributed by atoms with Gasteiger partial charge in [0.2, 0.25) is 0 Å². The number of guanidine groups is 1. The van der Waals surface area contributed by atoms with Gasteiger partial charge in [-0.25, -0.2) is 0 Å². The van der Waals surface area contributed by atoms with Crippen LogP contribution in [-0.4, -0.2) is 44.1 Å². The lowest BCUT2D eigenvalue weighted by Crippen LogP contribution is -2.39. The van der Waals surface area contributed by atoms with Crippen LogP contribution in [0.25, 0.3) is 0 Å². The highest BCUT2D eigenvalue weighted by Gasteiger charge is 2.21. The van der Waals surface area contributed by atoms with Crippen LogP contribution in [0.4, 0.5) is 0 Å². The monoisotopic (exact) mass is 322 g/mol. The van der Waals surface area contributed by atoms with E-state index in [1.165, 1.54) is 38.0 Å². The van der Waals surface area contributed by atoms with E-state index in [4.69, 9.17) is 11.6 Å². The van der Waals surface area contributed by atoms with Crippen molar-refractivity contribution in [2.24, 2.45) is 10.9 Å². The molecule has 1 fully saturated rings. The predicted octanol–water partition coefficient (Wildman–Crippen LogP) is 2.74. The van der Waals surface area contributed by atoms with Crippen LogP contribution in [0.2, 0.25) is 5.02 Å². The maximum absolute atomic E-state index is 5.90. The topological polar surface area (TPSA) is 39.7 Å². The van der Waals surface area contributed by atoms with E-state index in [1.54, 1.807) is 0 Å². The molecule has 1 aromatic rings. The van der Waals surface area contributed by atoms with E-state index in [-0.39, 0.29) is 0 Å². The van der Waals surface area contributed by atoms with E-state index in [1.807, 2.05) is 31.3 Å². The van der Waals surface area contributed by atoms with Crippen LogP contribution >= 0.6 is 11.6 Å². The van der Waals surface area contributed by atoms with Crippen LogP contribution in [-0.2, 0) is 6.54 Å². The summed E-state index contributed by atoms with van der Waals surface area (Å²) in [5.41, 5.74) is 1.20. The number of aliphatic imine (C=N–C) groups is 1. The van der Waals surface area contributed by atoms with Gasteiger partial charge < -0.3 is 15.5 Å². The smallest absolute Gasteiger partial charge is 0.191 e. The first kappa shape index (κ1) is 17.1. The van der Waals surface area contributed by atoms with Gasteiger partial charge in [0.25, 0.3) is 0 Å². The molecular formula is C17H27ClN4. The molecule has 0 aromatic heterocycles. The normalized spacial score (nSPS) is 19.4. The second-order valence-corrected chi connectivity index (χ2v) is 6.32. The number of hydrogen-bond acceptors (Lipinski definition) is 2. The van der Waals surface area contributed by atoms with E-state index in [0.717, 1.165) is 30.0 Å². The molecule has 1 aliphatic heterocycles. The van der Waals surface area contributed by atoms with Crippen molar-refractivity contribution in [3.63, 3.8) is 0 Å². The van der Waals surface area contributed by atoms with Crippen LogP contribution in [0.15, 0.2) is 29.3 Å². The fraction of sp³-hybridized carbons (Fsp3) is 0.588. The van der Waals surface area contributed by atoms with Gasteiger partial charge >= 0.3 is 0 Å². The Balaban J connectivity index is 1.70. The van der Waals surface area contributed by atoms with Gasteiger partial charge in [-0.2, -0.15) is 0 Å². The molecule has 0 radical (unpaired) electrons. The maximum atomic E-state index is 5.90. The lowest BCUT2D eigenvalue weighted by Gasteiger charge is -2.17. The molecule has 0 spiro atoms. The van der Waals surface area contributed by atoms with Crippen molar-refractivity contribution in [3.8, 4) is 0 Å². The molecule has 0 aliphatic carbocycles. The van der Waals surface area contributed by atoms with Crippen LogP contribution in [0.5, 0.6) is 0 Å². The molecule has 0 bridgehead atoms. The van der Waals surface area contributed by atoms with Crippen LogP contribution in [0, 0.1) is 5.92 Å². The minimum Gasteiger partial charge on any atom is -0.356 e. The SMILES string of the molecule is CCCN1CCC(CNC(=NC)NCc2ccc(Cl)cc2)C1. The molecular weight excluding hydrogens is 296 g/mol. The van der Waals surface area contributed by atoms with E-state index in [0.29, 0.717) is 0 Å². The molecule has 1 aromatic carbocycles. The quantitative estimate of drug-likeness (QED) is 0.625. The first-order chi connectivity index (χ1) is 10.7. The van der Waals surface area contributed by atoms with Crippen molar-refractivity contribution < 1.29 is 0 Å².